The molecule has 2 aromatic rings. The van der Waals surface area contributed by atoms with E-state index in [1.165, 1.54) is 12.1 Å². The fourth-order valence-corrected chi connectivity index (χ4v) is 2.12. The second-order valence-electron chi connectivity index (χ2n) is 5.59. The Morgan fingerprint density at radius 1 is 1.04 bits per heavy atom. The average molecular weight is 317 g/mol. The first-order valence-electron chi connectivity index (χ1n) is 7.90. The van der Waals surface area contributed by atoms with Gasteiger partial charge in [0.2, 0.25) is 0 Å². The summed E-state index contributed by atoms with van der Waals surface area (Å²) in [5, 5.41) is 3.45. The van der Waals surface area contributed by atoms with Gasteiger partial charge in [0, 0.05) is 12.6 Å². The van der Waals surface area contributed by atoms with E-state index >= 15 is 0 Å². The summed E-state index contributed by atoms with van der Waals surface area (Å²) in [6, 6.07) is 12.7. The third kappa shape index (κ3) is 5.25. The molecule has 0 aliphatic rings. The maximum absolute atomic E-state index is 12.9. The highest BCUT2D eigenvalue weighted by atomic mass is 19.1. The van der Waals surface area contributed by atoms with E-state index in [0.29, 0.717) is 24.1 Å². The van der Waals surface area contributed by atoms with E-state index in [9.17, 15) is 4.39 Å². The molecule has 1 N–H and O–H groups in total. The van der Waals surface area contributed by atoms with Crippen molar-refractivity contribution in [1.29, 1.82) is 0 Å². The van der Waals surface area contributed by atoms with Crippen LogP contribution in [-0.4, -0.2) is 13.2 Å². The fourth-order valence-electron chi connectivity index (χ4n) is 2.12. The third-order valence-electron chi connectivity index (χ3n) is 3.80. The van der Waals surface area contributed by atoms with Crippen LogP contribution in [0.1, 0.15) is 31.4 Å². The molecule has 0 unspecified atom stereocenters. The minimum Gasteiger partial charge on any atom is -0.493 e. The van der Waals surface area contributed by atoms with Crippen molar-refractivity contribution in [1.82, 2.24) is 5.32 Å². The normalized spacial score (nSPS) is 12.0. The Bertz CT molecular complexity index is 613. The summed E-state index contributed by atoms with van der Waals surface area (Å²) in [6.45, 7) is 5.49. The molecule has 0 radical (unpaired) electrons. The summed E-state index contributed by atoms with van der Waals surface area (Å²) >= 11 is 0. The molecule has 1 atom stereocenters. The molecule has 0 aromatic heterocycles. The maximum atomic E-state index is 12.9. The molecule has 3 nitrogen and oxygen atoms in total. The van der Waals surface area contributed by atoms with Gasteiger partial charge in [0.05, 0.1) is 7.11 Å². The topological polar surface area (TPSA) is 30.5 Å². The Morgan fingerprint density at radius 3 is 2.39 bits per heavy atom. The van der Waals surface area contributed by atoms with Crippen LogP contribution in [0.15, 0.2) is 42.5 Å². The first-order chi connectivity index (χ1) is 11.1. The van der Waals surface area contributed by atoms with Gasteiger partial charge < -0.3 is 14.8 Å². The number of rotatable bonds is 8. The number of benzene rings is 2. The molecule has 124 valence electrons. The highest BCUT2D eigenvalue weighted by Gasteiger charge is 2.07. The Kier molecular flexibility index (Phi) is 6.41. The number of halogens is 1. The molecule has 4 heteroatoms. The smallest absolute Gasteiger partial charge is 0.161 e. The summed E-state index contributed by atoms with van der Waals surface area (Å²) in [6.07, 6.45) is 1.09. The number of methoxy groups -OCH3 is 1. The lowest BCUT2D eigenvalue weighted by Gasteiger charge is -2.14. The molecular weight excluding hydrogens is 293 g/mol. The summed E-state index contributed by atoms with van der Waals surface area (Å²) in [5.74, 6) is 1.14. The van der Waals surface area contributed by atoms with E-state index in [4.69, 9.17) is 9.47 Å². The van der Waals surface area contributed by atoms with Crippen LogP contribution in [0.4, 0.5) is 4.39 Å². The van der Waals surface area contributed by atoms with Crippen LogP contribution in [-0.2, 0) is 13.2 Å². The molecule has 0 spiro atoms. The van der Waals surface area contributed by atoms with Gasteiger partial charge in [0.15, 0.2) is 11.5 Å². The first-order valence-corrected chi connectivity index (χ1v) is 7.90. The van der Waals surface area contributed by atoms with E-state index in [1.54, 1.807) is 19.2 Å². The molecule has 0 saturated heterocycles. The standard InChI is InChI=1S/C19H24FNO2/c1-4-14(2)21-12-16-7-10-18(19(11-16)22-3)23-13-15-5-8-17(20)9-6-15/h5-11,14,21H,4,12-13H2,1-3H3/t14-/m0/s1. The number of nitrogens with one attached hydrogen (secondary N) is 1. The number of ether oxygens (including phenoxy) is 2. The van der Waals surface area contributed by atoms with Gasteiger partial charge in [0.1, 0.15) is 12.4 Å². The minimum atomic E-state index is -0.246. The van der Waals surface area contributed by atoms with Gasteiger partial charge >= 0.3 is 0 Å². The van der Waals surface area contributed by atoms with Crippen LogP contribution in [0.5, 0.6) is 11.5 Å². The maximum Gasteiger partial charge on any atom is 0.161 e. The molecule has 0 saturated carbocycles. The highest BCUT2D eigenvalue weighted by molar-refractivity contribution is 5.43. The Hall–Kier alpha value is -2.07. The van der Waals surface area contributed by atoms with Gasteiger partial charge in [0.25, 0.3) is 0 Å². The van der Waals surface area contributed by atoms with E-state index in [-0.39, 0.29) is 5.82 Å². The largest absolute Gasteiger partial charge is 0.493 e. The van der Waals surface area contributed by atoms with Crippen LogP contribution in [0.2, 0.25) is 0 Å². The lowest BCUT2D eigenvalue weighted by Crippen LogP contribution is -2.24. The van der Waals surface area contributed by atoms with Crippen molar-refractivity contribution < 1.29 is 13.9 Å². The van der Waals surface area contributed by atoms with Crippen molar-refractivity contribution in [3.05, 3.63) is 59.4 Å². The molecule has 0 aliphatic carbocycles. The van der Waals surface area contributed by atoms with Crippen LogP contribution >= 0.6 is 0 Å². The third-order valence-corrected chi connectivity index (χ3v) is 3.80. The molecule has 0 aliphatic heterocycles. The van der Waals surface area contributed by atoms with Gasteiger partial charge in [-0.1, -0.05) is 25.1 Å². The van der Waals surface area contributed by atoms with E-state index in [1.807, 2.05) is 18.2 Å². The molecule has 0 bridgehead atoms. The number of hydrogen-bond acceptors (Lipinski definition) is 3. The van der Waals surface area contributed by atoms with Crippen molar-refractivity contribution >= 4 is 0 Å². The van der Waals surface area contributed by atoms with Crippen LogP contribution in [0.3, 0.4) is 0 Å². The van der Waals surface area contributed by atoms with Crippen molar-refractivity contribution in [2.75, 3.05) is 7.11 Å². The fraction of sp³-hybridized carbons (Fsp3) is 0.368. The van der Waals surface area contributed by atoms with Crippen molar-refractivity contribution in [2.45, 2.75) is 39.5 Å². The lowest BCUT2D eigenvalue weighted by molar-refractivity contribution is 0.284. The van der Waals surface area contributed by atoms with E-state index < -0.39 is 0 Å². The van der Waals surface area contributed by atoms with Crippen molar-refractivity contribution in [2.24, 2.45) is 0 Å². The second-order valence-corrected chi connectivity index (χ2v) is 5.59. The summed E-state index contributed by atoms with van der Waals surface area (Å²) in [7, 11) is 1.63. The first kappa shape index (κ1) is 17.3. The summed E-state index contributed by atoms with van der Waals surface area (Å²) in [5.41, 5.74) is 2.06. The Morgan fingerprint density at radius 2 is 1.74 bits per heavy atom. The van der Waals surface area contributed by atoms with Gasteiger partial charge in [-0.05, 0) is 48.7 Å². The second kappa shape index (κ2) is 8.53. The SMILES string of the molecule is CC[C@H](C)NCc1ccc(OCc2ccc(F)cc2)c(OC)c1. The summed E-state index contributed by atoms with van der Waals surface area (Å²) in [4.78, 5) is 0. The monoisotopic (exact) mass is 317 g/mol. The number of hydrogen-bond donors (Lipinski definition) is 1. The van der Waals surface area contributed by atoms with Gasteiger partial charge in [-0.3, -0.25) is 0 Å². The van der Waals surface area contributed by atoms with Crippen molar-refractivity contribution in [3.8, 4) is 11.5 Å². The Balaban J connectivity index is 1.99. The van der Waals surface area contributed by atoms with Crippen molar-refractivity contribution in [3.63, 3.8) is 0 Å². The van der Waals surface area contributed by atoms with Gasteiger partial charge in [-0.2, -0.15) is 0 Å². The van der Waals surface area contributed by atoms with Gasteiger partial charge in [-0.15, -0.1) is 0 Å². The zero-order valence-corrected chi connectivity index (χ0v) is 13.9. The van der Waals surface area contributed by atoms with Crippen LogP contribution < -0.4 is 14.8 Å². The zero-order chi connectivity index (χ0) is 16.7. The summed E-state index contributed by atoms with van der Waals surface area (Å²) < 4.78 is 24.1. The quantitative estimate of drug-likeness (QED) is 0.787. The van der Waals surface area contributed by atoms with Gasteiger partial charge in [-0.25, -0.2) is 4.39 Å². The lowest BCUT2D eigenvalue weighted by atomic mass is 10.1. The molecule has 2 aromatic carbocycles. The van der Waals surface area contributed by atoms with Crippen LogP contribution in [0.25, 0.3) is 0 Å². The minimum absolute atomic E-state index is 0.246. The van der Waals surface area contributed by atoms with E-state index in [0.717, 1.165) is 24.1 Å². The van der Waals surface area contributed by atoms with E-state index in [2.05, 4.69) is 19.2 Å². The predicted octanol–water partition coefficient (Wildman–Crippen LogP) is 4.30. The predicted molar refractivity (Wildman–Crippen MR) is 90.3 cm³/mol. The molecule has 23 heavy (non-hydrogen) atoms. The molecule has 2 rings (SSSR count). The molecule has 0 amide bonds. The zero-order valence-electron chi connectivity index (χ0n) is 13.9. The molecule has 0 fully saturated rings. The molecular formula is C19H24FNO2. The average Bonchev–Trinajstić information content (AvgIpc) is 2.59. The highest BCUT2D eigenvalue weighted by Crippen LogP contribution is 2.29. The molecule has 0 heterocycles. The Labute approximate surface area is 137 Å². The van der Waals surface area contributed by atoms with Crippen LogP contribution in [0, 0.1) is 5.82 Å².